The molecule has 0 atom stereocenters. The smallest absolute Gasteiger partial charge is 0.481 e. The van der Waals surface area contributed by atoms with Crippen molar-refractivity contribution >= 4 is 11.7 Å². The average molecular weight is 408 g/mol. The minimum atomic E-state index is -4.85. The van der Waals surface area contributed by atoms with Crippen LogP contribution in [0.25, 0.3) is 0 Å². The van der Waals surface area contributed by atoms with Gasteiger partial charge in [0.2, 0.25) is 0 Å². The molecule has 1 aliphatic heterocycles. The molecule has 152 valence electrons. The van der Waals surface area contributed by atoms with Gasteiger partial charge in [-0.1, -0.05) is 12.1 Å². The number of hydrogen-bond donors (Lipinski definition) is 1. The van der Waals surface area contributed by atoms with Crippen molar-refractivity contribution in [3.05, 3.63) is 58.4 Å². The average Bonchev–Trinajstić information content (AvgIpc) is 2.66. The lowest BCUT2D eigenvalue weighted by atomic mass is 9.94. The molecule has 3 rings (SSSR count). The molecule has 0 spiro atoms. The van der Waals surface area contributed by atoms with E-state index in [-0.39, 0.29) is 43.6 Å². The van der Waals surface area contributed by atoms with Crippen LogP contribution in [0.2, 0.25) is 0 Å². The van der Waals surface area contributed by atoms with Gasteiger partial charge in [-0.05, 0) is 41.7 Å². The molecule has 2 aromatic rings. The first-order chi connectivity index (χ1) is 13.7. The predicted molar refractivity (Wildman–Crippen MR) is 95.0 cm³/mol. The summed E-state index contributed by atoms with van der Waals surface area (Å²) >= 11 is 0. The Morgan fingerprint density at radius 1 is 1.28 bits per heavy atom. The number of benzene rings is 2. The zero-order chi connectivity index (χ0) is 21.2. The normalized spacial score (nSPS) is 13.6. The van der Waals surface area contributed by atoms with Crippen LogP contribution in [0.3, 0.4) is 0 Å². The molecule has 0 fully saturated rings. The van der Waals surface area contributed by atoms with Crippen LogP contribution < -0.4 is 9.64 Å². The molecule has 0 radical (unpaired) electrons. The number of carbonyl (C=O) groups is 1. The minimum Gasteiger partial charge on any atom is -0.481 e. The Bertz CT molecular complexity index is 983. The van der Waals surface area contributed by atoms with Crippen molar-refractivity contribution in [2.45, 2.75) is 32.2 Å². The van der Waals surface area contributed by atoms with Gasteiger partial charge in [-0.3, -0.25) is 4.79 Å². The van der Waals surface area contributed by atoms with Crippen LogP contribution in [0, 0.1) is 17.1 Å². The highest BCUT2D eigenvalue weighted by Gasteiger charge is 2.32. The lowest BCUT2D eigenvalue weighted by Crippen LogP contribution is -2.32. The molecule has 5 nitrogen and oxygen atoms in total. The summed E-state index contributed by atoms with van der Waals surface area (Å²) in [7, 11) is 0. The molecule has 9 heteroatoms. The van der Waals surface area contributed by atoms with Gasteiger partial charge >= 0.3 is 12.3 Å². The SMILES string of the molecule is N#Cc1ccc(OC(F)(F)F)cc1N1CCc2c(ccc(CCC(=O)O)c2F)C1. The third-order valence-electron chi connectivity index (χ3n) is 4.69. The number of halogens is 4. The number of fused-ring (bicyclic) bond motifs is 1. The highest BCUT2D eigenvalue weighted by Crippen LogP contribution is 2.33. The van der Waals surface area contributed by atoms with Crippen LogP contribution in [-0.4, -0.2) is 24.0 Å². The summed E-state index contributed by atoms with van der Waals surface area (Å²) in [6.07, 6.45) is -4.68. The molecular weight excluding hydrogens is 392 g/mol. The first-order valence-corrected chi connectivity index (χ1v) is 8.73. The van der Waals surface area contributed by atoms with E-state index >= 15 is 0 Å². The van der Waals surface area contributed by atoms with Gasteiger partial charge in [0, 0.05) is 25.6 Å². The molecule has 0 amide bonds. The first-order valence-electron chi connectivity index (χ1n) is 8.73. The second-order valence-corrected chi connectivity index (χ2v) is 6.58. The number of anilines is 1. The maximum atomic E-state index is 14.7. The number of carboxylic acid groups (broad SMARTS) is 1. The first kappa shape index (κ1) is 20.5. The number of nitrogens with zero attached hydrogens (tertiary/aromatic N) is 2. The Balaban J connectivity index is 1.87. The van der Waals surface area contributed by atoms with Crippen molar-refractivity contribution in [2.75, 3.05) is 11.4 Å². The summed E-state index contributed by atoms with van der Waals surface area (Å²) in [6.45, 7) is 0.492. The standard InChI is InChI=1S/C20H16F4N2O3/c21-19-12(4-6-18(27)28)1-2-14-11-26(8-7-16(14)19)17-9-15(29-20(22,23)24)5-3-13(17)10-25/h1-3,5,9H,4,6-8,11H2,(H,27,28). The van der Waals surface area contributed by atoms with Gasteiger partial charge in [0.1, 0.15) is 17.6 Å². The van der Waals surface area contributed by atoms with Crippen molar-refractivity contribution in [2.24, 2.45) is 0 Å². The summed E-state index contributed by atoms with van der Waals surface area (Å²) in [5.74, 6) is -1.90. The summed E-state index contributed by atoms with van der Waals surface area (Å²) in [4.78, 5) is 12.4. The van der Waals surface area contributed by atoms with E-state index in [2.05, 4.69) is 4.74 Å². The van der Waals surface area contributed by atoms with Crippen LogP contribution in [0.4, 0.5) is 23.2 Å². The summed E-state index contributed by atoms with van der Waals surface area (Å²) in [5.41, 5.74) is 1.87. The minimum absolute atomic E-state index is 0.0770. The van der Waals surface area contributed by atoms with E-state index in [1.807, 2.05) is 6.07 Å². The van der Waals surface area contributed by atoms with Crippen LogP contribution in [0.5, 0.6) is 5.75 Å². The number of carboxylic acids is 1. The van der Waals surface area contributed by atoms with Crippen molar-refractivity contribution < 1.29 is 32.2 Å². The van der Waals surface area contributed by atoms with E-state index in [9.17, 15) is 27.6 Å². The van der Waals surface area contributed by atoms with Crippen LogP contribution in [0.15, 0.2) is 30.3 Å². The Hall–Kier alpha value is -3.28. The Labute approximate surface area is 163 Å². The summed E-state index contributed by atoms with van der Waals surface area (Å²) in [6, 6.07) is 8.62. The zero-order valence-corrected chi connectivity index (χ0v) is 15.1. The van der Waals surface area contributed by atoms with Gasteiger partial charge in [0.25, 0.3) is 0 Å². The molecule has 0 unspecified atom stereocenters. The van der Waals surface area contributed by atoms with Crippen molar-refractivity contribution in [3.63, 3.8) is 0 Å². The molecule has 0 saturated heterocycles. The summed E-state index contributed by atoms with van der Waals surface area (Å²) < 4.78 is 56.2. The fourth-order valence-corrected chi connectivity index (χ4v) is 3.36. The molecule has 1 N–H and O–H groups in total. The molecular formula is C20H16F4N2O3. The van der Waals surface area contributed by atoms with Gasteiger partial charge in [-0.15, -0.1) is 13.2 Å². The maximum absolute atomic E-state index is 14.7. The van der Waals surface area contributed by atoms with E-state index in [0.29, 0.717) is 16.7 Å². The van der Waals surface area contributed by atoms with Gasteiger partial charge in [-0.25, -0.2) is 4.39 Å². The number of rotatable bonds is 5. The van der Waals surface area contributed by atoms with Crippen LogP contribution in [-0.2, 0) is 24.2 Å². The van der Waals surface area contributed by atoms with Crippen LogP contribution in [0.1, 0.15) is 28.7 Å². The fraction of sp³-hybridized carbons (Fsp3) is 0.300. The monoisotopic (exact) mass is 408 g/mol. The second-order valence-electron chi connectivity index (χ2n) is 6.58. The Kier molecular flexibility index (Phi) is 5.64. The van der Waals surface area contributed by atoms with E-state index in [0.717, 1.165) is 12.1 Å². The third kappa shape index (κ3) is 4.77. The molecule has 0 aromatic heterocycles. The number of aliphatic carboxylic acids is 1. The molecule has 0 saturated carbocycles. The molecule has 29 heavy (non-hydrogen) atoms. The second kappa shape index (κ2) is 7.99. The predicted octanol–water partition coefficient (Wildman–Crippen LogP) is 4.18. The number of nitriles is 1. The third-order valence-corrected chi connectivity index (χ3v) is 4.69. The lowest BCUT2D eigenvalue weighted by Gasteiger charge is -2.32. The Morgan fingerprint density at radius 3 is 2.69 bits per heavy atom. The number of aryl methyl sites for hydroxylation is 1. The number of alkyl halides is 3. The van der Waals surface area contributed by atoms with E-state index in [4.69, 9.17) is 5.11 Å². The van der Waals surface area contributed by atoms with Gasteiger partial charge in [0.15, 0.2) is 0 Å². The number of hydrogen-bond acceptors (Lipinski definition) is 4. The molecule has 1 heterocycles. The highest BCUT2D eigenvalue weighted by molar-refractivity contribution is 5.67. The van der Waals surface area contributed by atoms with Crippen molar-refractivity contribution in [1.82, 2.24) is 0 Å². The van der Waals surface area contributed by atoms with E-state index in [1.54, 1.807) is 11.0 Å². The molecule has 1 aliphatic rings. The molecule has 2 aromatic carbocycles. The van der Waals surface area contributed by atoms with Crippen molar-refractivity contribution in [1.29, 1.82) is 5.26 Å². The van der Waals surface area contributed by atoms with Gasteiger partial charge < -0.3 is 14.7 Å². The van der Waals surface area contributed by atoms with E-state index in [1.165, 1.54) is 12.1 Å². The molecule has 0 bridgehead atoms. The zero-order valence-electron chi connectivity index (χ0n) is 15.1. The Morgan fingerprint density at radius 2 is 2.03 bits per heavy atom. The quantitative estimate of drug-likeness (QED) is 0.752. The summed E-state index contributed by atoms with van der Waals surface area (Å²) in [5, 5.41) is 18.1. The van der Waals surface area contributed by atoms with Crippen LogP contribution >= 0.6 is 0 Å². The fourth-order valence-electron chi connectivity index (χ4n) is 3.36. The highest BCUT2D eigenvalue weighted by atomic mass is 19.4. The maximum Gasteiger partial charge on any atom is 0.573 e. The van der Waals surface area contributed by atoms with E-state index < -0.39 is 23.9 Å². The largest absolute Gasteiger partial charge is 0.573 e. The van der Waals surface area contributed by atoms with Gasteiger partial charge in [0.05, 0.1) is 11.3 Å². The topological polar surface area (TPSA) is 73.6 Å². The van der Waals surface area contributed by atoms with Gasteiger partial charge in [-0.2, -0.15) is 5.26 Å². The lowest BCUT2D eigenvalue weighted by molar-refractivity contribution is -0.274. The van der Waals surface area contributed by atoms with Crippen molar-refractivity contribution in [3.8, 4) is 11.8 Å². The molecule has 0 aliphatic carbocycles. The number of ether oxygens (including phenoxy) is 1.